The standard InChI is InChI=1S/C23H24Cl2N4OS/c1-3-9-26-23(31)28-27-14-17-15-29(22-8-5-4-7-19(17)22)10-6-11-30-18-12-20(24)16(2)21(25)13-18/h3-5,7-8,12-15H,1,6,9-11H2,2H3,(H2,26,28,31)/b27-14+. The molecule has 0 fully saturated rings. The highest BCUT2D eigenvalue weighted by Crippen LogP contribution is 2.29. The topological polar surface area (TPSA) is 50.6 Å². The third-order valence-corrected chi connectivity index (χ3v) is 5.68. The quantitative estimate of drug-likeness (QED) is 0.137. The summed E-state index contributed by atoms with van der Waals surface area (Å²) in [6, 6.07) is 11.8. The number of halogens is 2. The molecule has 5 nitrogen and oxygen atoms in total. The average Bonchev–Trinajstić information content (AvgIpc) is 3.11. The zero-order chi connectivity index (χ0) is 22.2. The fourth-order valence-electron chi connectivity index (χ4n) is 3.06. The van der Waals surface area contributed by atoms with Crippen LogP contribution in [-0.4, -0.2) is 29.0 Å². The van der Waals surface area contributed by atoms with Gasteiger partial charge in [-0.05, 0) is 49.3 Å². The van der Waals surface area contributed by atoms with E-state index in [-0.39, 0.29) is 0 Å². The van der Waals surface area contributed by atoms with Crippen molar-refractivity contribution >= 4 is 57.6 Å². The highest BCUT2D eigenvalue weighted by molar-refractivity contribution is 7.80. The van der Waals surface area contributed by atoms with E-state index in [4.69, 9.17) is 40.2 Å². The highest BCUT2D eigenvalue weighted by Gasteiger charge is 2.08. The second-order valence-electron chi connectivity index (χ2n) is 6.88. The molecule has 0 saturated carbocycles. The maximum atomic E-state index is 6.18. The van der Waals surface area contributed by atoms with Crippen molar-refractivity contribution in [2.24, 2.45) is 5.10 Å². The second kappa shape index (κ2) is 11.2. The average molecular weight is 475 g/mol. The molecule has 1 aromatic heterocycles. The first-order valence-electron chi connectivity index (χ1n) is 9.83. The van der Waals surface area contributed by atoms with E-state index < -0.39 is 0 Å². The molecule has 3 aromatic rings. The van der Waals surface area contributed by atoms with Gasteiger partial charge in [-0.1, -0.05) is 47.5 Å². The Kier molecular flexibility index (Phi) is 8.35. The van der Waals surface area contributed by atoms with E-state index in [1.54, 1.807) is 24.4 Å². The van der Waals surface area contributed by atoms with Crippen molar-refractivity contribution in [2.45, 2.75) is 19.9 Å². The number of aryl methyl sites for hydroxylation is 1. The molecular weight excluding hydrogens is 451 g/mol. The number of benzene rings is 2. The summed E-state index contributed by atoms with van der Waals surface area (Å²) < 4.78 is 8.04. The fraction of sp³-hybridized carbons (Fsp3) is 0.217. The second-order valence-corrected chi connectivity index (χ2v) is 8.10. The minimum absolute atomic E-state index is 0.452. The summed E-state index contributed by atoms with van der Waals surface area (Å²) in [6.07, 6.45) is 6.41. The van der Waals surface area contributed by atoms with Gasteiger partial charge in [-0.25, -0.2) is 0 Å². The molecule has 2 aromatic carbocycles. The van der Waals surface area contributed by atoms with Crippen LogP contribution in [0.15, 0.2) is 60.4 Å². The van der Waals surface area contributed by atoms with E-state index in [2.05, 4.69) is 45.3 Å². The number of ether oxygens (including phenoxy) is 1. The summed E-state index contributed by atoms with van der Waals surface area (Å²) in [5.74, 6) is 0.679. The van der Waals surface area contributed by atoms with Crippen LogP contribution in [-0.2, 0) is 6.54 Å². The van der Waals surface area contributed by atoms with Crippen molar-refractivity contribution in [2.75, 3.05) is 13.2 Å². The van der Waals surface area contributed by atoms with E-state index in [0.717, 1.165) is 35.0 Å². The first-order chi connectivity index (χ1) is 15.0. The van der Waals surface area contributed by atoms with E-state index in [1.807, 2.05) is 19.1 Å². The monoisotopic (exact) mass is 474 g/mol. The molecule has 0 atom stereocenters. The maximum absolute atomic E-state index is 6.18. The van der Waals surface area contributed by atoms with Crippen molar-refractivity contribution in [3.05, 3.63) is 76.4 Å². The largest absolute Gasteiger partial charge is 0.493 e. The number of hydrazone groups is 1. The normalized spacial score (nSPS) is 11.1. The molecule has 8 heteroatoms. The fourth-order valence-corrected chi connectivity index (χ4v) is 3.66. The molecule has 0 aliphatic rings. The summed E-state index contributed by atoms with van der Waals surface area (Å²) in [4.78, 5) is 0. The lowest BCUT2D eigenvalue weighted by Gasteiger charge is -2.10. The van der Waals surface area contributed by atoms with Gasteiger partial charge in [-0.2, -0.15) is 5.10 Å². The van der Waals surface area contributed by atoms with Crippen molar-refractivity contribution < 1.29 is 4.74 Å². The summed E-state index contributed by atoms with van der Waals surface area (Å²) in [5.41, 5.74) is 5.82. The summed E-state index contributed by atoms with van der Waals surface area (Å²) in [6.45, 7) is 7.47. The van der Waals surface area contributed by atoms with Crippen LogP contribution in [0.2, 0.25) is 10.0 Å². The van der Waals surface area contributed by atoms with Gasteiger partial charge in [0, 0.05) is 45.8 Å². The molecule has 162 valence electrons. The molecule has 0 aliphatic heterocycles. The molecule has 0 spiro atoms. The zero-order valence-corrected chi connectivity index (χ0v) is 19.5. The van der Waals surface area contributed by atoms with Crippen LogP contribution < -0.4 is 15.5 Å². The molecule has 3 rings (SSSR count). The lowest BCUT2D eigenvalue weighted by atomic mass is 10.2. The first-order valence-corrected chi connectivity index (χ1v) is 11.0. The number of hydrogen-bond acceptors (Lipinski definition) is 3. The molecule has 0 amide bonds. The number of aromatic nitrogens is 1. The first kappa shape index (κ1) is 23.1. The van der Waals surface area contributed by atoms with Crippen molar-refractivity contribution in [1.29, 1.82) is 0 Å². The Labute approximate surface area is 197 Å². The van der Waals surface area contributed by atoms with Crippen molar-refractivity contribution in [3.8, 4) is 5.75 Å². The van der Waals surface area contributed by atoms with Gasteiger partial charge >= 0.3 is 0 Å². The lowest BCUT2D eigenvalue weighted by molar-refractivity contribution is 0.302. The molecule has 2 N–H and O–H groups in total. The van der Waals surface area contributed by atoms with Gasteiger partial charge in [0.25, 0.3) is 0 Å². The Bertz CT molecular complexity index is 1090. The van der Waals surface area contributed by atoms with Crippen LogP contribution in [0.5, 0.6) is 5.75 Å². The van der Waals surface area contributed by atoms with E-state index in [0.29, 0.717) is 34.1 Å². The summed E-state index contributed by atoms with van der Waals surface area (Å²) in [7, 11) is 0. The predicted molar refractivity (Wildman–Crippen MR) is 135 cm³/mol. The van der Waals surface area contributed by atoms with E-state index >= 15 is 0 Å². The number of nitrogens with one attached hydrogen (secondary N) is 2. The van der Waals surface area contributed by atoms with Crippen LogP contribution in [0.4, 0.5) is 0 Å². The number of rotatable bonds is 9. The Balaban J connectivity index is 1.62. The molecule has 0 radical (unpaired) electrons. The van der Waals surface area contributed by atoms with Gasteiger partial charge in [-0.3, -0.25) is 5.43 Å². The van der Waals surface area contributed by atoms with Crippen LogP contribution in [0, 0.1) is 6.92 Å². The van der Waals surface area contributed by atoms with Crippen LogP contribution in [0.1, 0.15) is 17.5 Å². The number of thiocarbonyl (C=S) groups is 1. The Morgan fingerprint density at radius 2 is 2.00 bits per heavy atom. The third-order valence-electron chi connectivity index (χ3n) is 4.66. The SMILES string of the molecule is C=CCNC(=S)N/N=C/c1cn(CCCOc2cc(Cl)c(C)c(Cl)c2)c2ccccc12. The number of hydrogen-bond donors (Lipinski definition) is 2. The van der Waals surface area contributed by atoms with Gasteiger partial charge in [-0.15, -0.1) is 6.58 Å². The van der Waals surface area contributed by atoms with Crippen LogP contribution in [0.3, 0.4) is 0 Å². The summed E-state index contributed by atoms with van der Waals surface area (Å²) >= 11 is 17.5. The summed E-state index contributed by atoms with van der Waals surface area (Å²) in [5, 5.41) is 10.0. The number of nitrogens with zero attached hydrogens (tertiary/aromatic N) is 2. The number of fused-ring (bicyclic) bond motifs is 1. The van der Waals surface area contributed by atoms with Gasteiger partial charge in [0.1, 0.15) is 5.75 Å². The maximum Gasteiger partial charge on any atom is 0.187 e. The molecule has 0 saturated heterocycles. The van der Waals surface area contributed by atoms with Crippen LogP contribution >= 0.6 is 35.4 Å². The molecule has 0 aliphatic carbocycles. The Morgan fingerprint density at radius 3 is 2.74 bits per heavy atom. The minimum atomic E-state index is 0.452. The van der Waals surface area contributed by atoms with Gasteiger partial charge < -0.3 is 14.6 Å². The van der Waals surface area contributed by atoms with Crippen molar-refractivity contribution in [1.82, 2.24) is 15.3 Å². The molecule has 1 heterocycles. The minimum Gasteiger partial charge on any atom is -0.493 e. The zero-order valence-electron chi connectivity index (χ0n) is 17.2. The molecular formula is C23H24Cl2N4OS. The Hall–Kier alpha value is -2.54. The van der Waals surface area contributed by atoms with Gasteiger partial charge in [0.2, 0.25) is 0 Å². The van der Waals surface area contributed by atoms with Crippen LogP contribution in [0.25, 0.3) is 10.9 Å². The molecule has 0 unspecified atom stereocenters. The van der Waals surface area contributed by atoms with Crippen molar-refractivity contribution in [3.63, 3.8) is 0 Å². The van der Waals surface area contributed by atoms with E-state index in [1.165, 1.54) is 0 Å². The molecule has 0 bridgehead atoms. The predicted octanol–water partition coefficient (Wildman–Crippen LogP) is 5.71. The Morgan fingerprint density at radius 1 is 1.26 bits per heavy atom. The van der Waals surface area contributed by atoms with E-state index in [9.17, 15) is 0 Å². The third kappa shape index (κ3) is 6.23. The van der Waals surface area contributed by atoms with Gasteiger partial charge in [0.05, 0.1) is 12.8 Å². The molecule has 31 heavy (non-hydrogen) atoms. The highest BCUT2D eigenvalue weighted by atomic mass is 35.5. The lowest BCUT2D eigenvalue weighted by Crippen LogP contribution is -2.31. The smallest absolute Gasteiger partial charge is 0.187 e. The number of para-hydroxylation sites is 1. The van der Waals surface area contributed by atoms with Gasteiger partial charge in [0.15, 0.2) is 5.11 Å².